The van der Waals surface area contributed by atoms with E-state index in [0.29, 0.717) is 11.3 Å². The molecule has 2 atom stereocenters. The van der Waals surface area contributed by atoms with Crippen molar-refractivity contribution in [2.45, 2.75) is 45.6 Å². The summed E-state index contributed by atoms with van der Waals surface area (Å²) in [5.74, 6) is 0.292. The summed E-state index contributed by atoms with van der Waals surface area (Å²) in [5, 5.41) is 15.0. The van der Waals surface area contributed by atoms with Gasteiger partial charge >= 0.3 is 0 Å². The van der Waals surface area contributed by atoms with E-state index in [0.717, 1.165) is 24.8 Å². The Morgan fingerprint density at radius 2 is 2.12 bits per heavy atom. The first-order valence-electron chi connectivity index (χ1n) is 6.05. The van der Waals surface area contributed by atoms with Gasteiger partial charge in [-0.05, 0) is 30.6 Å². The fourth-order valence-electron chi connectivity index (χ4n) is 2.95. The predicted octanol–water partition coefficient (Wildman–Crippen LogP) is 2.45. The first-order valence-corrected chi connectivity index (χ1v) is 6.05. The Bertz CT molecular complexity index is 383. The summed E-state index contributed by atoms with van der Waals surface area (Å²) in [4.78, 5) is 0. The van der Waals surface area contributed by atoms with Gasteiger partial charge in [0, 0.05) is 18.8 Å². The Labute approximate surface area is 97.5 Å². The Morgan fingerprint density at radius 3 is 2.62 bits per heavy atom. The van der Waals surface area contributed by atoms with Gasteiger partial charge in [-0.1, -0.05) is 20.8 Å². The van der Waals surface area contributed by atoms with Crippen molar-refractivity contribution in [2.24, 2.45) is 18.4 Å². The largest absolute Gasteiger partial charge is 0.385 e. The number of aryl methyl sites for hydroxylation is 1. The number of aliphatic hydroxyl groups is 1. The average Bonchev–Trinajstić information content (AvgIpc) is 2.59. The maximum absolute atomic E-state index is 10.8. The van der Waals surface area contributed by atoms with E-state index in [1.165, 1.54) is 0 Å². The summed E-state index contributed by atoms with van der Waals surface area (Å²) < 4.78 is 1.76. The molecule has 1 aliphatic rings. The van der Waals surface area contributed by atoms with Crippen LogP contribution in [0.25, 0.3) is 0 Å². The van der Waals surface area contributed by atoms with Crippen LogP contribution in [0.15, 0.2) is 12.4 Å². The van der Waals surface area contributed by atoms with E-state index in [4.69, 9.17) is 0 Å². The zero-order chi connectivity index (χ0) is 12.0. The average molecular weight is 222 g/mol. The van der Waals surface area contributed by atoms with Crippen molar-refractivity contribution in [3.8, 4) is 0 Å². The van der Waals surface area contributed by atoms with Gasteiger partial charge in [0.05, 0.1) is 11.8 Å². The Morgan fingerprint density at radius 1 is 1.44 bits per heavy atom. The molecular formula is C13H22N2O. The quantitative estimate of drug-likeness (QED) is 0.792. The van der Waals surface area contributed by atoms with E-state index in [2.05, 4.69) is 25.9 Å². The summed E-state index contributed by atoms with van der Waals surface area (Å²) in [6, 6.07) is 0. The van der Waals surface area contributed by atoms with Crippen molar-refractivity contribution in [1.82, 2.24) is 9.78 Å². The lowest BCUT2D eigenvalue weighted by Gasteiger charge is -2.44. The van der Waals surface area contributed by atoms with Crippen molar-refractivity contribution in [1.29, 1.82) is 0 Å². The minimum absolute atomic E-state index is 0.292. The molecule has 0 aromatic carbocycles. The molecule has 1 heterocycles. The Kier molecular flexibility index (Phi) is 2.61. The van der Waals surface area contributed by atoms with Gasteiger partial charge in [0.2, 0.25) is 0 Å². The molecule has 0 amide bonds. The van der Waals surface area contributed by atoms with Gasteiger partial charge in [0.25, 0.3) is 0 Å². The highest BCUT2D eigenvalue weighted by Gasteiger charge is 2.44. The molecule has 3 heteroatoms. The van der Waals surface area contributed by atoms with Gasteiger partial charge in [0.1, 0.15) is 0 Å². The van der Waals surface area contributed by atoms with Gasteiger partial charge in [-0.15, -0.1) is 0 Å². The molecule has 90 valence electrons. The molecule has 1 aromatic heterocycles. The van der Waals surface area contributed by atoms with Gasteiger partial charge in [-0.2, -0.15) is 5.10 Å². The first-order chi connectivity index (χ1) is 7.33. The normalized spacial score (nSPS) is 33.9. The molecule has 1 N–H and O–H groups in total. The Hall–Kier alpha value is -0.830. The summed E-state index contributed by atoms with van der Waals surface area (Å²) >= 11 is 0. The van der Waals surface area contributed by atoms with Crippen LogP contribution in [0.1, 0.15) is 45.6 Å². The monoisotopic (exact) mass is 222 g/mol. The van der Waals surface area contributed by atoms with Crippen LogP contribution in [0.4, 0.5) is 0 Å². The second kappa shape index (κ2) is 3.59. The van der Waals surface area contributed by atoms with Crippen molar-refractivity contribution in [2.75, 3.05) is 0 Å². The minimum Gasteiger partial charge on any atom is -0.385 e. The highest BCUT2D eigenvalue weighted by Crippen LogP contribution is 2.48. The molecule has 0 bridgehead atoms. The molecule has 16 heavy (non-hydrogen) atoms. The molecule has 0 spiro atoms. The molecule has 1 saturated carbocycles. The third-order valence-electron chi connectivity index (χ3n) is 4.06. The fraction of sp³-hybridized carbons (Fsp3) is 0.769. The topological polar surface area (TPSA) is 38.1 Å². The number of rotatable bonds is 1. The molecule has 1 aromatic rings. The zero-order valence-corrected chi connectivity index (χ0v) is 10.7. The standard InChI is InChI=1S/C13H22N2O/c1-10-7-12(2,3)5-6-13(10,16)11-8-14-15(4)9-11/h8-10,16H,5-7H2,1-4H3. The maximum Gasteiger partial charge on any atom is 0.0952 e. The van der Waals surface area contributed by atoms with E-state index in [1.807, 2.05) is 13.2 Å². The zero-order valence-electron chi connectivity index (χ0n) is 10.7. The van der Waals surface area contributed by atoms with Gasteiger partial charge in [-0.25, -0.2) is 0 Å². The fourth-order valence-corrected chi connectivity index (χ4v) is 2.95. The van der Waals surface area contributed by atoms with E-state index < -0.39 is 5.60 Å². The van der Waals surface area contributed by atoms with Crippen molar-refractivity contribution < 1.29 is 5.11 Å². The summed E-state index contributed by atoms with van der Waals surface area (Å²) in [7, 11) is 1.89. The molecule has 0 aliphatic heterocycles. The van der Waals surface area contributed by atoms with Crippen molar-refractivity contribution in [3.63, 3.8) is 0 Å². The molecule has 2 unspecified atom stereocenters. The second-order valence-corrected chi connectivity index (χ2v) is 6.10. The molecular weight excluding hydrogens is 200 g/mol. The van der Waals surface area contributed by atoms with Crippen LogP contribution in [0.3, 0.4) is 0 Å². The smallest absolute Gasteiger partial charge is 0.0952 e. The van der Waals surface area contributed by atoms with Crippen LogP contribution in [-0.2, 0) is 12.6 Å². The maximum atomic E-state index is 10.8. The summed E-state index contributed by atoms with van der Waals surface area (Å²) in [6.07, 6.45) is 6.72. The summed E-state index contributed by atoms with van der Waals surface area (Å²) in [6.45, 7) is 6.71. The number of hydrogen-bond donors (Lipinski definition) is 1. The van der Waals surface area contributed by atoms with E-state index in [-0.39, 0.29) is 0 Å². The molecule has 0 saturated heterocycles. The van der Waals surface area contributed by atoms with Gasteiger partial charge in [-0.3, -0.25) is 4.68 Å². The highest BCUT2D eigenvalue weighted by atomic mass is 16.3. The van der Waals surface area contributed by atoms with Crippen LogP contribution >= 0.6 is 0 Å². The van der Waals surface area contributed by atoms with Crippen LogP contribution in [-0.4, -0.2) is 14.9 Å². The molecule has 1 fully saturated rings. The third kappa shape index (κ3) is 1.88. The van der Waals surface area contributed by atoms with E-state index in [9.17, 15) is 5.11 Å². The lowest BCUT2D eigenvalue weighted by Crippen LogP contribution is -2.41. The molecule has 2 rings (SSSR count). The minimum atomic E-state index is -0.677. The second-order valence-electron chi connectivity index (χ2n) is 6.10. The predicted molar refractivity (Wildman–Crippen MR) is 63.9 cm³/mol. The van der Waals surface area contributed by atoms with Gasteiger partial charge < -0.3 is 5.11 Å². The van der Waals surface area contributed by atoms with E-state index in [1.54, 1.807) is 10.9 Å². The van der Waals surface area contributed by atoms with Gasteiger partial charge in [0.15, 0.2) is 0 Å². The lowest BCUT2D eigenvalue weighted by atomic mass is 9.64. The first kappa shape index (κ1) is 11.6. The lowest BCUT2D eigenvalue weighted by molar-refractivity contribution is -0.0770. The number of hydrogen-bond acceptors (Lipinski definition) is 2. The summed E-state index contributed by atoms with van der Waals surface area (Å²) in [5.41, 5.74) is 0.649. The molecule has 0 radical (unpaired) electrons. The van der Waals surface area contributed by atoms with Crippen molar-refractivity contribution >= 4 is 0 Å². The van der Waals surface area contributed by atoms with Crippen LogP contribution < -0.4 is 0 Å². The molecule has 1 aliphatic carbocycles. The van der Waals surface area contributed by atoms with Crippen LogP contribution in [0, 0.1) is 11.3 Å². The SMILES string of the molecule is CC1CC(C)(C)CCC1(O)c1cnn(C)c1. The third-order valence-corrected chi connectivity index (χ3v) is 4.06. The highest BCUT2D eigenvalue weighted by molar-refractivity contribution is 5.18. The number of nitrogens with zero attached hydrogens (tertiary/aromatic N) is 2. The Balaban J connectivity index is 2.26. The van der Waals surface area contributed by atoms with Crippen LogP contribution in [0.2, 0.25) is 0 Å². The molecule has 3 nitrogen and oxygen atoms in total. The van der Waals surface area contributed by atoms with Crippen molar-refractivity contribution in [3.05, 3.63) is 18.0 Å². The van der Waals surface area contributed by atoms with Crippen LogP contribution in [0.5, 0.6) is 0 Å². The number of aromatic nitrogens is 2. The van der Waals surface area contributed by atoms with E-state index >= 15 is 0 Å².